The van der Waals surface area contributed by atoms with Gasteiger partial charge in [-0.2, -0.15) is 5.10 Å². The summed E-state index contributed by atoms with van der Waals surface area (Å²) in [5.74, 6) is 0.687. The molecule has 7 heteroatoms. The van der Waals surface area contributed by atoms with Crippen molar-refractivity contribution in [3.63, 3.8) is 0 Å². The van der Waals surface area contributed by atoms with Gasteiger partial charge in [-0.3, -0.25) is 13.9 Å². The lowest BCUT2D eigenvalue weighted by Gasteiger charge is -2.05. The molecule has 3 heterocycles. The minimum absolute atomic E-state index is 0.0745. The van der Waals surface area contributed by atoms with Gasteiger partial charge in [0.1, 0.15) is 5.82 Å². The van der Waals surface area contributed by atoms with Crippen LogP contribution in [0.3, 0.4) is 0 Å². The fourth-order valence-corrected chi connectivity index (χ4v) is 3.12. The Labute approximate surface area is 126 Å². The van der Waals surface area contributed by atoms with E-state index in [1.165, 1.54) is 0 Å². The molecule has 3 aromatic rings. The Balaban J connectivity index is 1.74. The van der Waals surface area contributed by atoms with Gasteiger partial charge in [0.25, 0.3) is 0 Å². The average molecular weight is 303 g/mol. The van der Waals surface area contributed by atoms with E-state index in [1.54, 1.807) is 16.0 Å². The highest BCUT2D eigenvalue weighted by molar-refractivity contribution is 7.15. The van der Waals surface area contributed by atoms with Crippen LogP contribution in [-0.4, -0.2) is 25.1 Å². The summed E-state index contributed by atoms with van der Waals surface area (Å²) in [7, 11) is 1.84. The number of hydrogen-bond donors (Lipinski definition) is 1. The third-order valence-electron chi connectivity index (χ3n) is 3.46. The summed E-state index contributed by atoms with van der Waals surface area (Å²) in [6.07, 6.45) is 4.94. The molecule has 0 aliphatic carbocycles. The van der Waals surface area contributed by atoms with Crippen LogP contribution in [-0.2, 0) is 24.7 Å². The zero-order valence-electron chi connectivity index (χ0n) is 12.3. The van der Waals surface area contributed by atoms with Crippen LogP contribution in [0.1, 0.15) is 23.9 Å². The van der Waals surface area contributed by atoms with Gasteiger partial charge in [0, 0.05) is 30.4 Å². The first-order valence-corrected chi connectivity index (χ1v) is 7.70. The highest BCUT2D eigenvalue weighted by Gasteiger charge is 2.15. The zero-order valence-corrected chi connectivity index (χ0v) is 13.1. The van der Waals surface area contributed by atoms with Gasteiger partial charge in [0.15, 0.2) is 4.96 Å². The quantitative estimate of drug-likeness (QED) is 0.803. The summed E-state index contributed by atoms with van der Waals surface area (Å²) in [4.78, 5) is 17.5. The van der Waals surface area contributed by atoms with Crippen LogP contribution in [0.2, 0.25) is 0 Å². The van der Waals surface area contributed by atoms with Crippen LogP contribution in [0, 0.1) is 6.92 Å². The molecule has 0 aliphatic heterocycles. The van der Waals surface area contributed by atoms with Crippen LogP contribution >= 0.6 is 11.3 Å². The van der Waals surface area contributed by atoms with Crippen molar-refractivity contribution in [2.75, 3.05) is 5.32 Å². The summed E-state index contributed by atoms with van der Waals surface area (Å²) < 4.78 is 3.65. The molecule has 0 fully saturated rings. The van der Waals surface area contributed by atoms with Gasteiger partial charge in [0.05, 0.1) is 17.8 Å². The lowest BCUT2D eigenvalue weighted by atomic mass is 10.2. The van der Waals surface area contributed by atoms with Crippen LogP contribution < -0.4 is 5.32 Å². The topological polar surface area (TPSA) is 64.2 Å². The van der Waals surface area contributed by atoms with Gasteiger partial charge in [-0.15, -0.1) is 11.3 Å². The van der Waals surface area contributed by atoms with E-state index in [4.69, 9.17) is 0 Å². The van der Waals surface area contributed by atoms with E-state index in [0.717, 1.165) is 34.2 Å². The van der Waals surface area contributed by atoms with Crippen molar-refractivity contribution in [3.05, 3.63) is 34.7 Å². The number of nitrogens with one attached hydrogen (secondary N) is 1. The summed E-state index contributed by atoms with van der Waals surface area (Å²) >= 11 is 1.56. The number of nitrogens with zero attached hydrogens (tertiary/aromatic N) is 4. The number of carbonyl (C=O) groups is 1. The van der Waals surface area contributed by atoms with E-state index < -0.39 is 0 Å². The van der Waals surface area contributed by atoms with Crippen molar-refractivity contribution in [2.45, 2.75) is 26.7 Å². The second kappa shape index (κ2) is 5.33. The fraction of sp³-hybridized carbons (Fsp3) is 0.357. The molecule has 1 amide bonds. The van der Waals surface area contributed by atoms with Crippen molar-refractivity contribution in [3.8, 4) is 0 Å². The van der Waals surface area contributed by atoms with E-state index in [1.807, 2.05) is 36.1 Å². The van der Waals surface area contributed by atoms with Gasteiger partial charge in [0.2, 0.25) is 5.91 Å². The van der Waals surface area contributed by atoms with Crippen LogP contribution in [0.15, 0.2) is 17.8 Å². The second-order valence-electron chi connectivity index (χ2n) is 4.95. The highest BCUT2D eigenvalue weighted by atomic mass is 32.1. The molecule has 0 aromatic carbocycles. The first kappa shape index (κ1) is 13.8. The Morgan fingerprint density at radius 3 is 2.95 bits per heavy atom. The van der Waals surface area contributed by atoms with Gasteiger partial charge in [-0.1, -0.05) is 6.92 Å². The Kier molecular flexibility index (Phi) is 3.50. The molecule has 3 aromatic heterocycles. The number of aromatic nitrogens is 4. The third-order valence-corrected chi connectivity index (χ3v) is 4.23. The lowest BCUT2D eigenvalue weighted by Crippen LogP contribution is -2.17. The van der Waals surface area contributed by atoms with Gasteiger partial charge >= 0.3 is 0 Å². The van der Waals surface area contributed by atoms with Gasteiger partial charge in [-0.05, 0) is 13.3 Å². The molecule has 0 unspecified atom stereocenters. The molecule has 6 nitrogen and oxygen atoms in total. The van der Waals surface area contributed by atoms with Crippen molar-refractivity contribution < 1.29 is 4.79 Å². The zero-order chi connectivity index (χ0) is 15.0. The van der Waals surface area contributed by atoms with Crippen molar-refractivity contribution in [2.24, 2.45) is 7.05 Å². The molecule has 0 radical (unpaired) electrons. The van der Waals surface area contributed by atoms with Gasteiger partial charge in [-0.25, -0.2) is 4.98 Å². The molecule has 0 saturated heterocycles. The second-order valence-corrected chi connectivity index (χ2v) is 5.82. The van der Waals surface area contributed by atoms with Gasteiger partial charge < -0.3 is 5.32 Å². The molecule has 0 aliphatic rings. The van der Waals surface area contributed by atoms with Crippen LogP contribution in [0.5, 0.6) is 0 Å². The largest absolute Gasteiger partial charge is 0.310 e. The Hall–Kier alpha value is -2.15. The first-order valence-electron chi connectivity index (χ1n) is 6.82. The normalized spacial score (nSPS) is 11.2. The number of hydrogen-bond acceptors (Lipinski definition) is 4. The summed E-state index contributed by atoms with van der Waals surface area (Å²) in [6, 6.07) is 0. The number of fused-ring (bicyclic) bond motifs is 1. The SMILES string of the molecule is CCc1nn(C)c(NC(=O)Cc2cn3ccsc3n2)c1C. The predicted octanol–water partition coefficient (Wildman–Crippen LogP) is 2.18. The number of carbonyl (C=O) groups excluding carboxylic acids is 1. The monoisotopic (exact) mass is 303 g/mol. The molecule has 1 N–H and O–H groups in total. The number of anilines is 1. The van der Waals surface area contributed by atoms with E-state index in [0.29, 0.717) is 0 Å². The molecule has 0 atom stereocenters. The van der Waals surface area contributed by atoms with E-state index >= 15 is 0 Å². The minimum atomic E-state index is -0.0745. The third kappa shape index (κ3) is 2.56. The molecule has 0 spiro atoms. The lowest BCUT2D eigenvalue weighted by molar-refractivity contribution is -0.115. The molecule has 0 saturated carbocycles. The van der Waals surface area contributed by atoms with Crippen molar-refractivity contribution >= 4 is 28.0 Å². The average Bonchev–Trinajstić information content (AvgIpc) is 3.07. The number of imidazole rings is 1. The summed E-state index contributed by atoms with van der Waals surface area (Å²) in [5, 5.41) is 9.30. The maximum absolute atomic E-state index is 12.2. The smallest absolute Gasteiger partial charge is 0.231 e. The van der Waals surface area contributed by atoms with E-state index in [2.05, 4.69) is 22.3 Å². The fourth-order valence-electron chi connectivity index (χ4n) is 2.40. The molecule has 0 bridgehead atoms. The molecular formula is C14H17N5OS. The van der Waals surface area contributed by atoms with Crippen molar-refractivity contribution in [1.29, 1.82) is 0 Å². The maximum Gasteiger partial charge on any atom is 0.231 e. The van der Waals surface area contributed by atoms with E-state index in [9.17, 15) is 4.79 Å². The molecule has 21 heavy (non-hydrogen) atoms. The Morgan fingerprint density at radius 2 is 2.29 bits per heavy atom. The summed E-state index contributed by atoms with van der Waals surface area (Å²) in [5.41, 5.74) is 2.81. The Bertz CT molecular complexity index is 769. The first-order chi connectivity index (χ1) is 10.1. The predicted molar refractivity (Wildman–Crippen MR) is 82.7 cm³/mol. The van der Waals surface area contributed by atoms with Crippen LogP contribution in [0.25, 0.3) is 4.96 Å². The van der Waals surface area contributed by atoms with E-state index in [-0.39, 0.29) is 12.3 Å². The standard InChI is InChI=1S/C14H17N5OS/c1-4-11-9(2)13(18(3)17-11)16-12(20)7-10-8-19-5-6-21-14(19)15-10/h5-6,8H,4,7H2,1-3H3,(H,16,20). The number of rotatable bonds is 4. The molecule has 3 rings (SSSR count). The number of thiazole rings is 1. The van der Waals surface area contributed by atoms with Crippen LogP contribution in [0.4, 0.5) is 5.82 Å². The molecular weight excluding hydrogens is 286 g/mol. The molecule has 110 valence electrons. The number of aryl methyl sites for hydroxylation is 2. The minimum Gasteiger partial charge on any atom is -0.310 e. The van der Waals surface area contributed by atoms with Crippen molar-refractivity contribution in [1.82, 2.24) is 19.2 Å². The maximum atomic E-state index is 12.2. The highest BCUT2D eigenvalue weighted by Crippen LogP contribution is 2.19. The summed E-state index contributed by atoms with van der Waals surface area (Å²) in [6.45, 7) is 4.03. The Morgan fingerprint density at radius 1 is 1.48 bits per heavy atom. The number of amides is 1.